The van der Waals surface area contributed by atoms with E-state index in [0.717, 1.165) is 62.5 Å². The lowest BCUT2D eigenvalue weighted by atomic mass is 10.1. The highest BCUT2D eigenvalue weighted by Crippen LogP contribution is 2.23. The van der Waals surface area contributed by atoms with E-state index < -0.39 is 0 Å². The zero-order valence-corrected chi connectivity index (χ0v) is 19.8. The lowest BCUT2D eigenvalue weighted by Gasteiger charge is -2.03. The van der Waals surface area contributed by atoms with Crippen LogP contribution < -0.4 is 10.9 Å². The molecule has 2 amide bonds. The highest BCUT2D eigenvalue weighted by Gasteiger charge is 2.11. The first-order valence-corrected chi connectivity index (χ1v) is 12.5. The summed E-state index contributed by atoms with van der Waals surface area (Å²) in [5, 5.41) is 8.16. The minimum atomic E-state index is -0.0731. The smallest absolute Gasteiger partial charge is 0.240 e. The molecule has 2 aromatic rings. The summed E-state index contributed by atoms with van der Waals surface area (Å²) in [6, 6.07) is 12.7. The number of carbonyl (C=O) groups excluding carboxylic acids is 2. The molecule has 2 N–H and O–H groups in total. The van der Waals surface area contributed by atoms with Gasteiger partial charge in [-0.3, -0.25) is 9.59 Å². The van der Waals surface area contributed by atoms with E-state index in [1.165, 1.54) is 35.1 Å². The minimum Gasteiger partial charge on any atom is -0.273 e. The van der Waals surface area contributed by atoms with Crippen LogP contribution in [0.4, 0.5) is 0 Å². The number of benzene rings is 2. The number of hydrazone groups is 2. The zero-order valence-electron chi connectivity index (χ0n) is 19.8. The van der Waals surface area contributed by atoms with Gasteiger partial charge in [0, 0.05) is 12.8 Å². The Balaban J connectivity index is 1.03. The molecule has 0 spiro atoms. The summed E-state index contributed by atoms with van der Waals surface area (Å²) in [5.41, 5.74) is 12.9. The Labute approximate surface area is 201 Å². The molecule has 0 saturated heterocycles. The van der Waals surface area contributed by atoms with Crippen molar-refractivity contribution in [2.45, 2.75) is 77.0 Å². The maximum atomic E-state index is 12.0. The van der Waals surface area contributed by atoms with Crippen LogP contribution in [-0.4, -0.2) is 24.2 Å². The molecule has 6 nitrogen and oxygen atoms in total. The second-order valence-electron chi connectivity index (χ2n) is 9.26. The van der Waals surface area contributed by atoms with E-state index in [2.05, 4.69) is 45.3 Å². The van der Waals surface area contributed by atoms with Gasteiger partial charge in [-0.25, -0.2) is 10.9 Å². The lowest BCUT2D eigenvalue weighted by Crippen LogP contribution is -2.17. The fraction of sp³-hybridized carbons (Fsp3) is 0.429. The molecule has 178 valence electrons. The summed E-state index contributed by atoms with van der Waals surface area (Å²) < 4.78 is 0. The first-order chi connectivity index (χ1) is 16.7. The van der Waals surface area contributed by atoms with Crippen LogP contribution in [-0.2, 0) is 35.3 Å². The Morgan fingerprint density at radius 3 is 1.56 bits per heavy atom. The number of unbranched alkanes of at least 4 members (excludes halogenated alkanes) is 3. The molecule has 2 aromatic carbocycles. The Kier molecular flexibility index (Phi) is 8.60. The molecule has 34 heavy (non-hydrogen) atoms. The second-order valence-corrected chi connectivity index (χ2v) is 9.26. The molecule has 0 aromatic heterocycles. The predicted octanol–water partition coefficient (Wildman–Crippen LogP) is 4.61. The van der Waals surface area contributed by atoms with Crippen molar-refractivity contribution in [3.63, 3.8) is 0 Å². The van der Waals surface area contributed by atoms with Crippen molar-refractivity contribution in [1.29, 1.82) is 0 Å². The largest absolute Gasteiger partial charge is 0.273 e. The number of nitrogens with one attached hydrogen (secondary N) is 2. The van der Waals surface area contributed by atoms with Crippen molar-refractivity contribution >= 4 is 24.2 Å². The third kappa shape index (κ3) is 7.11. The summed E-state index contributed by atoms with van der Waals surface area (Å²) in [6.07, 6.45) is 14.7. The average molecular weight is 459 g/mol. The SMILES string of the molecule is O=C(CCCCCCC(=O)N/N=C\c1ccc2c(c1)CCC2)N/N=C\c1ccc2c(c1)CCC2. The van der Waals surface area contributed by atoms with Crippen LogP contribution >= 0.6 is 0 Å². The topological polar surface area (TPSA) is 82.9 Å². The van der Waals surface area contributed by atoms with Crippen LogP contribution in [0, 0.1) is 0 Å². The maximum Gasteiger partial charge on any atom is 0.240 e. The van der Waals surface area contributed by atoms with Gasteiger partial charge in [0.15, 0.2) is 0 Å². The highest BCUT2D eigenvalue weighted by atomic mass is 16.2. The van der Waals surface area contributed by atoms with Gasteiger partial charge in [-0.15, -0.1) is 0 Å². The van der Waals surface area contributed by atoms with Gasteiger partial charge >= 0.3 is 0 Å². The Bertz CT molecular complexity index is 989. The summed E-state index contributed by atoms with van der Waals surface area (Å²) >= 11 is 0. The van der Waals surface area contributed by atoms with Crippen molar-refractivity contribution in [2.75, 3.05) is 0 Å². The van der Waals surface area contributed by atoms with Crippen LogP contribution in [0.15, 0.2) is 46.6 Å². The third-order valence-corrected chi connectivity index (χ3v) is 6.61. The van der Waals surface area contributed by atoms with Gasteiger partial charge in [0.05, 0.1) is 12.4 Å². The number of nitrogens with zero attached hydrogens (tertiary/aromatic N) is 2. The van der Waals surface area contributed by atoms with Gasteiger partial charge < -0.3 is 0 Å². The number of hydrogen-bond acceptors (Lipinski definition) is 4. The molecule has 4 rings (SSSR count). The standard InChI is InChI=1S/C28H34N4O2/c33-27(31-29-19-21-13-15-23-7-5-9-25(23)17-21)11-3-1-2-4-12-28(34)32-30-20-22-14-16-24-8-6-10-26(24)18-22/h13-20H,1-12H2,(H,31,33)(H,32,34)/b29-19-,30-20-. The van der Waals surface area contributed by atoms with E-state index in [9.17, 15) is 9.59 Å². The molecule has 0 unspecified atom stereocenters. The van der Waals surface area contributed by atoms with Crippen molar-refractivity contribution in [3.8, 4) is 0 Å². The molecular formula is C28H34N4O2. The van der Waals surface area contributed by atoms with Crippen molar-refractivity contribution in [1.82, 2.24) is 10.9 Å². The molecule has 0 aliphatic heterocycles. The zero-order chi connectivity index (χ0) is 23.6. The Morgan fingerprint density at radius 2 is 1.09 bits per heavy atom. The van der Waals surface area contributed by atoms with Crippen LogP contribution in [0.5, 0.6) is 0 Å². The van der Waals surface area contributed by atoms with E-state index in [1.54, 1.807) is 12.4 Å². The molecule has 0 bridgehead atoms. The quantitative estimate of drug-likeness (QED) is 0.293. The summed E-state index contributed by atoms with van der Waals surface area (Å²) in [6.45, 7) is 0. The molecule has 0 radical (unpaired) electrons. The number of rotatable bonds is 11. The van der Waals surface area contributed by atoms with Gasteiger partial charge in [-0.2, -0.15) is 10.2 Å². The van der Waals surface area contributed by atoms with E-state index in [1.807, 2.05) is 12.1 Å². The van der Waals surface area contributed by atoms with Gasteiger partial charge in [0.2, 0.25) is 11.8 Å². The van der Waals surface area contributed by atoms with E-state index in [0.29, 0.717) is 12.8 Å². The molecule has 0 fully saturated rings. The third-order valence-electron chi connectivity index (χ3n) is 6.61. The molecule has 0 heterocycles. The van der Waals surface area contributed by atoms with E-state index in [4.69, 9.17) is 0 Å². The fourth-order valence-electron chi connectivity index (χ4n) is 4.74. The Hall–Kier alpha value is -3.28. The van der Waals surface area contributed by atoms with Crippen LogP contribution in [0.2, 0.25) is 0 Å². The van der Waals surface area contributed by atoms with Gasteiger partial charge in [0.1, 0.15) is 0 Å². The molecular weight excluding hydrogens is 424 g/mol. The van der Waals surface area contributed by atoms with Gasteiger partial charge in [-0.1, -0.05) is 37.1 Å². The highest BCUT2D eigenvalue weighted by molar-refractivity contribution is 5.83. The molecule has 2 aliphatic rings. The molecule has 0 atom stereocenters. The number of carbonyl (C=O) groups is 2. The predicted molar refractivity (Wildman–Crippen MR) is 136 cm³/mol. The number of amides is 2. The molecule has 0 saturated carbocycles. The number of hydrogen-bond donors (Lipinski definition) is 2. The fourth-order valence-corrected chi connectivity index (χ4v) is 4.74. The van der Waals surface area contributed by atoms with Crippen molar-refractivity contribution < 1.29 is 9.59 Å². The van der Waals surface area contributed by atoms with Gasteiger partial charge in [0.25, 0.3) is 0 Å². The van der Waals surface area contributed by atoms with Crippen LogP contribution in [0.25, 0.3) is 0 Å². The normalized spacial score (nSPS) is 14.5. The summed E-state index contributed by atoms with van der Waals surface area (Å²) in [5.74, 6) is -0.146. The van der Waals surface area contributed by atoms with Crippen LogP contribution in [0.1, 0.15) is 84.7 Å². The van der Waals surface area contributed by atoms with Crippen molar-refractivity contribution in [2.24, 2.45) is 10.2 Å². The average Bonchev–Trinajstić information content (AvgIpc) is 3.50. The summed E-state index contributed by atoms with van der Waals surface area (Å²) in [7, 11) is 0. The first-order valence-electron chi connectivity index (χ1n) is 12.5. The maximum absolute atomic E-state index is 12.0. The van der Waals surface area contributed by atoms with Crippen molar-refractivity contribution in [3.05, 3.63) is 69.8 Å². The second kappa shape index (κ2) is 12.3. The number of fused-ring (bicyclic) bond motifs is 2. The summed E-state index contributed by atoms with van der Waals surface area (Å²) in [4.78, 5) is 23.9. The molecule has 2 aliphatic carbocycles. The first kappa shape index (κ1) is 23.9. The number of aryl methyl sites for hydroxylation is 4. The van der Waals surface area contributed by atoms with E-state index >= 15 is 0 Å². The van der Waals surface area contributed by atoms with Gasteiger partial charge in [-0.05, 0) is 96.9 Å². The van der Waals surface area contributed by atoms with Crippen LogP contribution in [0.3, 0.4) is 0 Å². The molecule has 6 heteroatoms. The minimum absolute atomic E-state index is 0.0731. The monoisotopic (exact) mass is 458 g/mol. The van der Waals surface area contributed by atoms with E-state index in [-0.39, 0.29) is 11.8 Å². The Morgan fingerprint density at radius 1 is 0.647 bits per heavy atom. The lowest BCUT2D eigenvalue weighted by molar-refractivity contribution is -0.122.